The normalized spacial score (nSPS) is 9.95. The van der Waals surface area contributed by atoms with Crippen molar-refractivity contribution in [1.29, 1.82) is 0 Å². The van der Waals surface area contributed by atoms with Crippen LogP contribution in [-0.4, -0.2) is 45.3 Å². The molecule has 0 heterocycles. The minimum absolute atomic E-state index is 0.127. The number of rotatable bonds is 8. The number of benzene rings is 1. The maximum Gasteiger partial charge on any atom is 0.119 e. The molecule has 0 aromatic heterocycles. The van der Waals surface area contributed by atoms with Crippen molar-refractivity contribution in [2.45, 2.75) is 13.3 Å². The third-order valence-corrected chi connectivity index (χ3v) is 2.63. The van der Waals surface area contributed by atoms with Crippen LogP contribution in [0.25, 0.3) is 0 Å². The SMILES string of the molecule is COCCCOCCOc1ccc(C#CCO)c(C)c1. The molecule has 20 heavy (non-hydrogen) atoms. The van der Waals surface area contributed by atoms with Gasteiger partial charge in [0.1, 0.15) is 19.0 Å². The fraction of sp³-hybridized carbons (Fsp3) is 0.500. The van der Waals surface area contributed by atoms with Gasteiger partial charge in [-0.2, -0.15) is 0 Å². The summed E-state index contributed by atoms with van der Waals surface area (Å²) in [7, 11) is 1.68. The zero-order chi connectivity index (χ0) is 14.6. The van der Waals surface area contributed by atoms with Gasteiger partial charge in [-0.05, 0) is 37.1 Å². The van der Waals surface area contributed by atoms with Crippen LogP contribution < -0.4 is 4.74 Å². The molecule has 0 bridgehead atoms. The molecular formula is C16H22O4. The van der Waals surface area contributed by atoms with Gasteiger partial charge in [0.25, 0.3) is 0 Å². The lowest BCUT2D eigenvalue weighted by Gasteiger charge is -2.08. The second kappa shape index (κ2) is 10.3. The van der Waals surface area contributed by atoms with E-state index in [4.69, 9.17) is 19.3 Å². The molecule has 4 heteroatoms. The van der Waals surface area contributed by atoms with Gasteiger partial charge in [0.05, 0.1) is 6.61 Å². The Morgan fingerprint density at radius 1 is 1.15 bits per heavy atom. The van der Waals surface area contributed by atoms with Gasteiger partial charge in [-0.3, -0.25) is 0 Å². The number of aryl methyl sites for hydroxylation is 1. The van der Waals surface area contributed by atoms with Gasteiger partial charge < -0.3 is 19.3 Å². The first-order valence-corrected chi connectivity index (χ1v) is 6.67. The maximum absolute atomic E-state index is 8.67. The average molecular weight is 278 g/mol. The predicted octanol–water partition coefficient (Wildman–Crippen LogP) is 1.77. The van der Waals surface area contributed by atoms with Gasteiger partial charge in [0.2, 0.25) is 0 Å². The van der Waals surface area contributed by atoms with Crippen LogP contribution in [0.4, 0.5) is 0 Å². The van der Waals surface area contributed by atoms with Crippen LogP contribution in [0.3, 0.4) is 0 Å². The Morgan fingerprint density at radius 3 is 2.70 bits per heavy atom. The first-order valence-electron chi connectivity index (χ1n) is 6.67. The van der Waals surface area contributed by atoms with E-state index < -0.39 is 0 Å². The molecule has 0 aliphatic rings. The third kappa shape index (κ3) is 6.58. The molecule has 0 fully saturated rings. The molecule has 0 saturated carbocycles. The molecule has 110 valence electrons. The number of hydrogen-bond acceptors (Lipinski definition) is 4. The molecular weight excluding hydrogens is 256 g/mol. The summed E-state index contributed by atoms with van der Waals surface area (Å²) in [6.07, 6.45) is 0.897. The van der Waals surface area contributed by atoms with Crippen molar-refractivity contribution in [2.75, 3.05) is 40.1 Å². The Labute approximate surface area is 120 Å². The second-order valence-corrected chi connectivity index (χ2v) is 4.24. The molecule has 0 aliphatic carbocycles. The first kappa shape index (κ1) is 16.5. The molecule has 0 aliphatic heterocycles. The maximum atomic E-state index is 8.67. The molecule has 1 aromatic carbocycles. The van der Waals surface area contributed by atoms with Crippen LogP contribution in [0.5, 0.6) is 5.75 Å². The lowest BCUT2D eigenvalue weighted by atomic mass is 10.1. The minimum atomic E-state index is -0.127. The summed E-state index contributed by atoms with van der Waals surface area (Å²) in [5.74, 6) is 6.33. The lowest BCUT2D eigenvalue weighted by molar-refractivity contribution is 0.0806. The Morgan fingerprint density at radius 2 is 2.00 bits per heavy atom. The van der Waals surface area contributed by atoms with E-state index in [-0.39, 0.29) is 6.61 Å². The van der Waals surface area contributed by atoms with E-state index in [2.05, 4.69) is 11.8 Å². The summed E-state index contributed by atoms with van der Waals surface area (Å²) in [6.45, 7) is 4.33. The highest BCUT2D eigenvalue weighted by molar-refractivity contribution is 5.44. The van der Waals surface area contributed by atoms with E-state index in [1.807, 2.05) is 25.1 Å². The molecule has 1 aromatic rings. The number of aliphatic hydroxyl groups is 1. The highest BCUT2D eigenvalue weighted by atomic mass is 16.5. The van der Waals surface area contributed by atoms with Gasteiger partial charge in [-0.25, -0.2) is 0 Å². The number of methoxy groups -OCH3 is 1. The summed E-state index contributed by atoms with van der Waals surface area (Å²) in [4.78, 5) is 0. The molecule has 1 rings (SSSR count). The van der Waals surface area contributed by atoms with Gasteiger partial charge in [0.15, 0.2) is 0 Å². The van der Waals surface area contributed by atoms with Crippen LogP contribution in [0.1, 0.15) is 17.5 Å². The highest BCUT2D eigenvalue weighted by Crippen LogP contribution is 2.16. The molecule has 0 amide bonds. The Balaban J connectivity index is 2.29. The van der Waals surface area contributed by atoms with E-state index >= 15 is 0 Å². The summed E-state index contributed by atoms with van der Waals surface area (Å²) in [5.41, 5.74) is 1.94. The van der Waals surface area contributed by atoms with E-state index in [1.54, 1.807) is 7.11 Å². The summed E-state index contributed by atoms with van der Waals surface area (Å²) < 4.78 is 15.9. The quantitative estimate of drug-likeness (QED) is 0.581. The highest BCUT2D eigenvalue weighted by Gasteiger charge is 1.99. The smallest absolute Gasteiger partial charge is 0.119 e. The van der Waals surface area contributed by atoms with E-state index in [0.29, 0.717) is 19.8 Å². The first-order chi connectivity index (χ1) is 9.77. The van der Waals surface area contributed by atoms with Crippen molar-refractivity contribution in [3.63, 3.8) is 0 Å². The van der Waals surface area contributed by atoms with Gasteiger partial charge in [-0.15, -0.1) is 0 Å². The second-order valence-electron chi connectivity index (χ2n) is 4.24. The monoisotopic (exact) mass is 278 g/mol. The fourth-order valence-corrected chi connectivity index (χ4v) is 1.63. The number of ether oxygens (including phenoxy) is 3. The van der Waals surface area contributed by atoms with Crippen molar-refractivity contribution in [2.24, 2.45) is 0 Å². The van der Waals surface area contributed by atoms with Gasteiger partial charge >= 0.3 is 0 Å². The lowest BCUT2D eigenvalue weighted by Crippen LogP contribution is -2.08. The average Bonchev–Trinajstić information content (AvgIpc) is 2.45. The number of aliphatic hydroxyl groups excluding tert-OH is 1. The molecule has 4 nitrogen and oxygen atoms in total. The zero-order valence-electron chi connectivity index (χ0n) is 12.1. The van der Waals surface area contributed by atoms with Crippen molar-refractivity contribution >= 4 is 0 Å². The molecule has 0 unspecified atom stereocenters. The molecule has 1 N–H and O–H groups in total. The van der Waals surface area contributed by atoms with Crippen LogP contribution in [0, 0.1) is 18.8 Å². The van der Waals surface area contributed by atoms with Crippen LogP contribution >= 0.6 is 0 Å². The van der Waals surface area contributed by atoms with E-state index in [9.17, 15) is 0 Å². The van der Waals surface area contributed by atoms with Crippen LogP contribution in [0.15, 0.2) is 18.2 Å². The Hall–Kier alpha value is -1.54. The van der Waals surface area contributed by atoms with Crippen molar-refractivity contribution in [1.82, 2.24) is 0 Å². The van der Waals surface area contributed by atoms with Crippen LogP contribution in [0.2, 0.25) is 0 Å². The molecule has 0 radical (unpaired) electrons. The minimum Gasteiger partial charge on any atom is -0.491 e. The Kier molecular flexibility index (Phi) is 8.48. The van der Waals surface area contributed by atoms with E-state index in [1.165, 1.54) is 0 Å². The van der Waals surface area contributed by atoms with Crippen molar-refractivity contribution < 1.29 is 19.3 Å². The third-order valence-electron chi connectivity index (χ3n) is 2.63. The zero-order valence-corrected chi connectivity index (χ0v) is 12.1. The topological polar surface area (TPSA) is 47.9 Å². The van der Waals surface area contributed by atoms with Gasteiger partial charge in [-0.1, -0.05) is 11.8 Å². The predicted molar refractivity (Wildman–Crippen MR) is 77.9 cm³/mol. The van der Waals surface area contributed by atoms with Gasteiger partial charge in [0, 0.05) is 25.9 Å². The summed E-state index contributed by atoms with van der Waals surface area (Å²) in [6, 6.07) is 5.71. The molecule has 0 atom stereocenters. The van der Waals surface area contributed by atoms with E-state index in [0.717, 1.165) is 29.9 Å². The number of hydrogen-bond donors (Lipinski definition) is 1. The van der Waals surface area contributed by atoms with Crippen molar-refractivity contribution in [3.05, 3.63) is 29.3 Å². The molecule has 0 saturated heterocycles. The fourth-order valence-electron chi connectivity index (χ4n) is 1.63. The standard InChI is InChI=1S/C16H22O4/c1-14-13-16(7-6-15(14)5-3-8-17)20-12-11-19-10-4-9-18-2/h6-7,13,17H,4,8-12H2,1-2H3. The Bertz CT molecular complexity index is 446. The molecule has 0 spiro atoms. The summed E-state index contributed by atoms with van der Waals surface area (Å²) in [5, 5.41) is 8.67. The largest absolute Gasteiger partial charge is 0.491 e. The van der Waals surface area contributed by atoms with Crippen LogP contribution in [-0.2, 0) is 9.47 Å². The van der Waals surface area contributed by atoms with Crippen molar-refractivity contribution in [3.8, 4) is 17.6 Å². The summed E-state index contributed by atoms with van der Waals surface area (Å²) >= 11 is 0.